The first-order valence-corrected chi connectivity index (χ1v) is 7.52. The number of hydrogen-bond acceptors (Lipinski definition) is 4. The fraction of sp³-hybridized carbons (Fsp3) is 0.467. The van der Waals surface area contributed by atoms with Crippen LogP contribution in [0.3, 0.4) is 0 Å². The molecule has 1 unspecified atom stereocenters. The normalized spacial score (nSPS) is 22.2. The Balaban J connectivity index is 1.78. The molecule has 1 fully saturated rings. The van der Waals surface area contributed by atoms with E-state index in [-0.39, 0.29) is 10.6 Å². The predicted molar refractivity (Wildman–Crippen MR) is 84.2 cm³/mol. The van der Waals surface area contributed by atoms with Crippen LogP contribution in [0.4, 0.5) is 11.4 Å². The third kappa shape index (κ3) is 2.76. The highest BCUT2D eigenvalue weighted by Gasteiger charge is 2.29. The van der Waals surface area contributed by atoms with Gasteiger partial charge >= 0.3 is 0 Å². The molecule has 2 heterocycles. The number of benzene rings is 1. The summed E-state index contributed by atoms with van der Waals surface area (Å²) in [7, 11) is 0. The minimum atomic E-state index is -0.381. The van der Waals surface area contributed by atoms with Crippen molar-refractivity contribution in [2.24, 2.45) is 0 Å². The van der Waals surface area contributed by atoms with Crippen LogP contribution in [-0.2, 0) is 0 Å². The maximum atomic E-state index is 11.0. The second-order valence-corrected chi connectivity index (χ2v) is 6.07. The van der Waals surface area contributed by atoms with E-state index in [2.05, 4.69) is 22.0 Å². The van der Waals surface area contributed by atoms with Gasteiger partial charge in [0.1, 0.15) is 0 Å². The Morgan fingerprint density at radius 1 is 1.33 bits per heavy atom. The Labute approximate surface area is 128 Å². The summed E-state index contributed by atoms with van der Waals surface area (Å²) in [5, 5.41) is 11.4. The van der Waals surface area contributed by atoms with E-state index in [0.29, 0.717) is 16.6 Å². The number of anilines is 1. The molecule has 0 saturated carbocycles. The molecule has 5 nitrogen and oxygen atoms in total. The van der Waals surface area contributed by atoms with E-state index < -0.39 is 0 Å². The highest BCUT2D eigenvalue weighted by atomic mass is 35.5. The first-order chi connectivity index (χ1) is 10.1. The van der Waals surface area contributed by atoms with Gasteiger partial charge in [0.05, 0.1) is 15.6 Å². The predicted octanol–water partition coefficient (Wildman–Crippen LogP) is 3.01. The number of nitrogens with zero attached hydrogens (tertiary/aromatic N) is 3. The lowest BCUT2D eigenvalue weighted by Gasteiger charge is -2.25. The van der Waals surface area contributed by atoms with Gasteiger partial charge in [-0.15, -0.1) is 0 Å². The van der Waals surface area contributed by atoms with Crippen molar-refractivity contribution >= 4 is 23.0 Å². The van der Waals surface area contributed by atoms with E-state index in [1.54, 1.807) is 6.92 Å². The van der Waals surface area contributed by atoms with Gasteiger partial charge in [0.2, 0.25) is 0 Å². The molecule has 0 aromatic heterocycles. The Morgan fingerprint density at radius 3 is 2.71 bits per heavy atom. The third-order valence-corrected chi connectivity index (χ3v) is 4.63. The van der Waals surface area contributed by atoms with Crippen LogP contribution in [0.5, 0.6) is 0 Å². The first-order valence-electron chi connectivity index (χ1n) is 7.15. The summed E-state index contributed by atoms with van der Waals surface area (Å²) in [6.45, 7) is 5.67. The molecule has 2 aliphatic heterocycles. The molecule has 1 aromatic carbocycles. The lowest BCUT2D eigenvalue weighted by molar-refractivity contribution is -0.385. The zero-order valence-corrected chi connectivity index (χ0v) is 12.7. The zero-order chi connectivity index (χ0) is 15.0. The molecular weight excluding hydrogens is 290 g/mol. The fourth-order valence-electron chi connectivity index (χ4n) is 3.15. The van der Waals surface area contributed by atoms with E-state index >= 15 is 0 Å². The van der Waals surface area contributed by atoms with Crippen molar-refractivity contribution in [2.75, 3.05) is 31.1 Å². The Morgan fingerprint density at radius 2 is 2.05 bits per heavy atom. The van der Waals surface area contributed by atoms with Crippen LogP contribution < -0.4 is 4.90 Å². The maximum Gasteiger partial charge on any atom is 0.273 e. The van der Waals surface area contributed by atoms with E-state index in [1.165, 1.54) is 6.07 Å². The van der Waals surface area contributed by atoms with Gasteiger partial charge in [-0.1, -0.05) is 23.8 Å². The molecule has 0 amide bonds. The van der Waals surface area contributed by atoms with E-state index in [0.717, 1.165) is 38.3 Å². The molecule has 1 atom stereocenters. The van der Waals surface area contributed by atoms with Crippen LogP contribution in [0, 0.1) is 17.0 Å². The third-order valence-electron chi connectivity index (χ3n) is 4.33. The van der Waals surface area contributed by atoms with Crippen molar-refractivity contribution in [3.8, 4) is 0 Å². The van der Waals surface area contributed by atoms with Crippen molar-refractivity contribution < 1.29 is 4.92 Å². The number of halogens is 1. The molecule has 0 spiro atoms. The first kappa shape index (κ1) is 14.4. The smallest absolute Gasteiger partial charge is 0.273 e. The molecule has 112 valence electrons. The lowest BCUT2D eigenvalue weighted by Crippen LogP contribution is -2.35. The van der Waals surface area contributed by atoms with Gasteiger partial charge in [-0.2, -0.15) is 0 Å². The summed E-state index contributed by atoms with van der Waals surface area (Å²) in [5.41, 5.74) is 1.66. The van der Waals surface area contributed by atoms with Crippen LogP contribution in [0.2, 0.25) is 5.02 Å². The second-order valence-electron chi connectivity index (χ2n) is 5.66. The van der Waals surface area contributed by atoms with Crippen molar-refractivity contribution in [1.29, 1.82) is 0 Å². The van der Waals surface area contributed by atoms with Gasteiger partial charge in [-0.3, -0.25) is 15.0 Å². The molecule has 6 heteroatoms. The molecule has 0 N–H and O–H groups in total. The van der Waals surface area contributed by atoms with Crippen LogP contribution in [0.15, 0.2) is 24.3 Å². The minimum absolute atomic E-state index is 0.0863. The molecule has 0 radical (unpaired) electrons. The van der Waals surface area contributed by atoms with Gasteiger partial charge in [-0.05, 0) is 19.4 Å². The number of aryl methyl sites for hydroxylation is 1. The summed E-state index contributed by atoms with van der Waals surface area (Å²) in [5.74, 6) is 0. The Bertz CT molecular complexity index is 595. The van der Waals surface area contributed by atoms with Gasteiger partial charge in [0.15, 0.2) is 0 Å². The number of hydrogen-bond donors (Lipinski definition) is 0. The van der Waals surface area contributed by atoms with Gasteiger partial charge < -0.3 is 4.90 Å². The number of rotatable bonds is 3. The fourth-order valence-corrected chi connectivity index (χ4v) is 3.42. The minimum Gasteiger partial charge on any atom is -0.369 e. The summed E-state index contributed by atoms with van der Waals surface area (Å²) < 4.78 is 0. The highest BCUT2D eigenvalue weighted by Crippen LogP contribution is 2.35. The van der Waals surface area contributed by atoms with Crippen LogP contribution >= 0.6 is 11.6 Å². The lowest BCUT2D eigenvalue weighted by atomic mass is 10.1. The Hall–Kier alpha value is -1.59. The van der Waals surface area contributed by atoms with Gasteiger partial charge in [0.25, 0.3) is 5.69 Å². The molecule has 2 aliphatic rings. The molecule has 21 heavy (non-hydrogen) atoms. The summed E-state index contributed by atoms with van der Waals surface area (Å²) in [6.07, 6.45) is 5.51. The molecule has 0 bridgehead atoms. The van der Waals surface area contributed by atoms with Crippen LogP contribution in [0.25, 0.3) is 0 Å². The van der Waals surface area contributed by atoms with Crippen molar-refractivity contribution in [2.45, 2.75) is 19.4 Å². The quantitative estimate of drug-likeness (QED) is 0.489. The number of nitro groups is 1. The van der Waals surface area contributed by atoms with E-state index in [9.17, 15) is 10.1 Å². The maximum absolute atomic E-state index is 11.0. The molecule has 1 aromatic rings. The van der Waals surface area contributed by atoms with Gasteiger partial charge in [0, 0.05) is 43.9 Å². The van der Waals surface area contributed by atoms with Crippen molar-refractivity contribution in [1.82, 2.24) is 4.90 Å². The second kappa shape index (κ2) is 5.66. The van der Waals surface area contributed by atoms with Crippen LogP contribution in [0.1, 0.15) is 12.0 Å². The van der Waals surface area contributed by atoms with Crippen molar-refractivity contribution in [3.63, 3.8) is 0 Å². The Kier molecular flexibility index (Phi) is 3.87. The van der Waals surface area contributed by atoms with Crippen molar-refractivity contribution in [3.05, 3.63) is 45.0 Å². The van der Waals surface area contributed by atoms with Gasteiger partial charge in [-0.25, -0.2) is 0 Å². The average Bonchev–Trinajstić information content (AvgIpc) is 3.09. The molecular formula is C15H18ClN3O2. The average molecular weight is 308 g/mol. The SMILES string of the molecule is Cc1cc(N2CCC(N3CC=CC3)C2)c(Cl)cc1[N+](=O)[O-]. The van der Waals surface area contributed by atoms with Crippen LogP contribution in [-0.4, -0.2) is 42.0 Å². The molecule has 0 aliphatic carbocycles. The topological polar surface area (TPSA) is 49.6 Å². The van der Waals surface area contributed by atoms with E-state index in [4.69, 9.17) is 11.6 Å². The number of nitro benzene ring substituents is 1. The summed E-state index contributed by atoms with van der Waals surface area (Å²) in [6, 6.07) is 3.84. The molecule has 1 saturated heterocycles. The standard InChI is InChI=1S/C15H18ClN3O2/c1-11-8-15(13(16)9-14(11)19(20)21)18-7-4-12(10-18)17-5-2-3-6-17/h2-3,8-9,12H,4-7,10H2,1H3. The summed E-state index contributed by atoms with van der Waals surface area (Å²) >= 11 is 6.26. The van der Waals surface area contributed by atoms with E-state index in [1.807, 2.05) is 6.07 Å². The molecule has 3 rings (SSSR count). The largest absolute Gasteiger partial charge is 0.369 e. The zero-order valence-electron chi connectivity index (χ0n) is 12.0. The highest BCUT2D eigenvalue weighted by molar-refractivity contribution is 6.33. The summed E-state index contributed by atoms with van der Waals surface area (Å²) in [4.78, 5) is 15.3. The monoisotopic (exact) mass is 307 g/mol.